The van der Waals surface area contributed by atoms with Gasteiger partial charge in [0.1, 0.15) is 0 Å². The molecular weight excluding hydrogens is 178 g/mol. The highest BCUT2D eigenvalue weighted by Crippen LogP contribution is 2.32. The van der Waals surface area contributed by atoms with Crippen LogP contribution in [0.1, 0.15) is 11.6 Å². The first-order valence-corrected chi connectivity index (χ1v) is 4.61. The molecule has 1 saturated heterocycles. The predicted octanol–water partition coefficient (Wildman–Crippen LogP) is 1.33. The first-order valence-electron chi connectivity index (χ1n) is 4.61. The molecule has 1 aromatic rings. The highest BCUT2D eigenvalue weighted by Gasteiger charge is 2.27. The van der Waals surface area contributed by atoms with Crippen molar-refractivity contribution in [2.45, 2.75) is 6.04 Å². The summed E-state index contributed by atoms with van der Waals surface area (Å²) in [6.07, 6.45) is 2.03. The van der Waals surface area contributed by atoms with Gasteiger partial charge in [0.05, 0.1) is 0 Å². The number of hydrogen-bond acceptors (Lipinski definition) is 3. The summed E-state index contributed by atoms with van der Waals surface area (Å²) in [6, 6.07) is 9.89. The molecule has 1 heterocycles. The van der Waals surface area contributed by atoms with Crippen LogP contribution in [0, 0.1) is 5.92 Å². The molecule has 0 saturated carbocycles. The van der Waals surface area contributed by atoms with Crippen LogP contribution in [0.15, 0.2) is 30.3 Å². The molecule has 1 aliphatic heterocycles. The Labute approximate surface area is 83.2 Å². The standard InChI is InChI=1S/C11H12NO2/c1-12-11(10(7-13)8-14-12)9-5-3-2-4-6-9/h2-6,10-11H,8H2,1H3/q-1/t10-,11+/m0/s1. The lowest BCUT2D eigenvalue weighted by Gasteiger charge is -2.24. The second-order valence-electron chi connectivity index (χ2n) is 3.42. The van der Waals surface area contributed by atoms with Crippen molar-refractivity contribution in [3.05, 3.63) is 35.9 Å². The van der Waals surface area contributed by atoms with Gasteiger partial charge in [-0.2, -0.15) is 5.06 Å². The summed E-state index contributed by atoms with van der Waals surface area (Å²) in [4.78, 5) is 16.0. The topological polar surface area (TPSA) is 29.5 Å². The zero-order valence-electron chi connectivity index (χ0n) is 8.01. The Bertz CT molecular complexity index is 312. The fourth-order valence-corrected chi connectivity index (χ4v) is 1.81. The van der Waals surface area contributed by atoms with E-state index in [1.807, 2.05) is 43.7 Å². The maximum Gasteiger partial charge on any atom is 0.0492 e. The Morgan fingerprint density at radius 2 is 2.14 bits per heavy atom. The molecule has 0 N–H and O–H groups in total. The third-order valence-corrected chi connectivity index (χ3v) is 2.52. The Hall–Kier alpha value is -1.19. The molecule has 2 rings (SSSR count). The molecule has 14 heavy (non-hydrogen) atoms. The average molecular weight is 190 g/mol. The molecule has 1 aliphatic rings. The van der Waals surface area contributed by atoms with E-state index < -0.39 is 0 Å². The van der Waals surface area contributed by atoms with Gasteiger partial charge in [0.2, 0.25) is 0 Å². The second-order valence-corrected chi connectivity index (χ2v) is 3.42. The summed E-state index contributed by atoms with van der Waals surface area (Å²) in [6.45, 7) is 0.430. The van der Waals surface area contributed by atoms with E-state index in [0.29, 0.717) is 6.61 Å². The van der Waals surface area contributed by atoms with Crippen LogP contribution >= 0.6 is 0 Å². The van der Waals surface area contributed by atoms with E-state index >= 15 is 0 Å². The SMILES string of the molecule is CN1OC[C@H]([C-]=O)[C@H]1c1ccccc1. The minimum absolute atomic E-state index is 0.00806. The minimum Gasteiger partial charge on any atom is -0.541 e. The number of rotatable bonds is 2. The summed E-state index contributed by atoms with van der Waals surface area (Å²) in [5.41, 5.74) is 1.10. The zero-order chi connectivity index (χ0) is 9.97. The quantitative estimate of drug-likeness (QED) is 0.659. The van der Waals surface area contributed by atoms with E-state index in [-0.39, 0.29) is 12.0 Å². The number of carbonyl (C=O) groups excluding carboxylic acids is 1. The monoisotopic (exact) mass is 190 g/mol. The van der Waals surface area contributed by atoms with E-state index in [9.17, 15) is 4.79 Å². The van der Waals surface area contributed by atoms with E-state index in [0.717, 1.165) is 5.56 Å². The van der Waals surface area contributed by atoms with Crippen LogP contribution in [-0.4, -0.2) is 25.0 Å². The van der Waals surface area contributed by atoms with Gasteiger partial charge in [0.15, 0.2) is 0 Å². The number of nitrogens with zero attached hydrogens (tertiary/aromatic N) is 1. The van der Waals surface area contributed by atoms with Crippen LogP contribution in [0.25, 0.3) is 0 Å². The lowest BCUT2D eigenvalue weighted by Crippen LogP contribution is -2.20. The van der Waals surface area contributed by atoms with Gasteiger partial charge in [-0.15, -0.1) is 0 Å². The largest absolute Gasteiger partial charge is 0.541 e. The van der Waals surface area contributed by atoms with Crippen LogP contribution in [0.2, 0.25) is 0 Å². The van der Waals surface area contributed by atoms with Crippen LogP contribution < -0.4 is 0 Å². The number of hydroxylamine groups is 2. The van der Waals surface area contributed by atoms with Gasteiger partial charge in [-0.25, -0.2) is 0 Å². The average Bonchev–Trinajstić information content (AvgIpc) is 2.61. The van der Waals surface area contributed by atoms with Gasteiger partial charge in [-0.05, 0) is 5.56 Å². The fourth-order valence-electron chi connectivity index (χ4n) is 1.81. The molecule has 3 nitrogen and oxygen atoms in total. The summed E-state index contributed by atoms with van der Waals surface area (Å²) in [5, 5.41) is 1.73. The summed E-state index contributed by atoms with van der Waals surface area (Å²) in [7, 11) is 1.84. The van der Waals surface area contributed by atoms with E-state index in [1.165, 1.54) is 0 Å². The predicted molar refractivity (Wildman–Crippen MR) is 52.1 cm³/mol. The summed E-state index contributed by atoms with van der Waals surface area (Å²) < 4.78 is 0. The molecule has 0 amide bonds. The molecule has 3 heteroatoms. The second kappa shape index (κ2) is 3.90. The van der Waals surface area contributed by atoms with Crippen molar-refractivity contribution < 1.29 is 9.63 Å². The lowest BCUT2D eigenvalue weighted by molar-refractivity contribution is -0.110. The molecule has 0 radical (unpaired) electrons. The van der Waals surface area contributed by atoms with E-state index in [4.69, 9.17) is 4.84 Å². The van der Waals surface area contributed by atoms with Gasteiger partial charge >= 0.3 is 0 Å². The van der Waals surface area contributed by atoms with Crippen molar-refractivity contribution in [1.29, 1.82) is 0 Å². The molecular formula is C11H12NO2-. The third-order valence-electron chi connectivity index (χ3n) is 2.52. The van der Waals surface area contributed by atoms with Crippen molar-refractivity contribution in [2.24, 2.45) is 5.92 Å². The zero-order valence-corrected chi connectivity index (χ0v) is 8.01. The fraction of sp³-hybridized carbons (Fsp3) is 0.364. The first-order chi connectivity index (χ1) is 6.83. The molecule has 1 aromatic carbocycles. The van der Waals surface area contributed by atoms with E-state index in [1.54, 1.807) is 5.06 Å². The van der Waals surface area contributed by atoms with Gasteiger partial charge in [-0.1, -0.05) is 36.2 Å². The Morgan fingerprint density at radius 1 is 1.43 bits per heavy atom. The van der Waals surface area contributed by atoms with Crippen LogP contribution in [0.5, 0.6) is 0 Å². The molecule has 0 spiro atoms. The third kappa shape index (κ3) is 1.56. The van der Waals surface area contributed by atoms with Crippen molar-refractivity contribution in [1.82, 2.24) is 5.06 Å². The first kappa shape index (κ1) is 9.37. The smallest absolute Gasteiger partial charge is 0.0492 e. The molecule has 0 aromatic heterocycles. The van der Waals surface area contributed by atoms with Crippen molar-refractivity contribution >= 4 is 6.29 Å². The number of hydrogen-bond donors (Lipinski definition) is 0. The molecule has 0 unspecified atom stereocenters. The van der Waals surface area contributed by atoms with Crippen molar-refractivity contribution in [2.75, 3.05) is 13.7 Å². The van der Waals surface area contributed by atoms with Crippen molar-refractivity contribution in [3.63, 3.8) is 0 Å². The molecule has 74 valence electrons. The summed E-state index contributed by atoms with van der Waals surface area (Å²) >= 11 is 0. The maximum atomic E-state index is 10.7. The maximum absolute atomic E-state index is 10.7. The summed E-state index contributed by atoms with van der Waals surface area (Å²) in [5.74, 6) is -0.178. The Morgan fingerprint density at radius 3 is 2.79 bits per heavy atom. The van der Waals surface area contributed by atoms with Crippen molar-refractivity contribution in [3.8, 4) is 0 Å². The molecule has 1 fully saturated rings. The molecule has 2 atom stereocenters. The molecule has 0 aliphatic carbocycles. The minimum atomic E-state index is -0.178. The molecule has 0 bridgehead atoms. The van der Waals surface area contributed by atoms with Gasteiger partial charge in [0.25, 0.3) is 0 Å². The number of benzene rings is 1. The van der Waals surface area contributed by atoms with Crippen LogP contribution in [0.4, 0.5) is 0 Å². The lowest BCUT2D eigenvalue weighted by atomic mass is 9.96. The van der Waals surface area contributed by atoms with Gasteiger partial charge < -0.3 is 9.63 Å². The van der Waals surface area contributed by atoms with Crippen LogP contribution in [0.3, 0.4) is 0 Å². The normalized spacial score (nSPS) is 27.8. The van der Waals surface area contributed by atoms with Gasteiger partial charge in [0, 0.05) is 19.7 Å². The highest BCUT2D eigenvalue weighted by atomic mass is 16.7. The highest BCUT2D eigenvalue weighted by molar-refractivity contribution is 5.57. The van der Waals surface area contributed by atoms with Crippen LogP contribution in [-0.2, 0) is 9.63 Å². The Balaban J connectivity index is 2.27. The van der Waals surface area contributed by atoms with E-state index in [2.05, 4.69) is 0 Å². The van der Waals surface area contributed by atoms with Gasteiger partial charge in [-0.3, -0.25) is 6.29 Å². The Kier molecular flexibility index (Phi) is 2.61.